The van der Waals surface area contributed by atoms with E-state index in [0.717, 1.165) is 11.3 Å². The molecule has 2 aromatic rings. The quantitative estimate of drug-likeness (QED) is 0.822. The molecular formula is C12H13N3O3S. The van der Waals surface area contributed by atoms with E-state index < -0.39 is 0 Å². The van der Waals surface area contributed by atoms with Crippen molar-refractivity contribution in [2.24, 2.45) is 0 Å². The number of benzene rings is 1. The number of nitrogens with zero attached hydrogens (tertiary/aromatic N) is 1. The molecule has 0 atom stereocenters. The maximum Gasteiger partial charge on any atom is 0.307 e. The fourth-order valence-electron chi connectivity index (χ4n) is 1.58. The molecule has 7 heteroatoms. The molecule has 0 aliphatic carbocycles. The van der Waals surface area contributed by atoms with E-state index in [4.69, 9.17) is 10.5 Å². The first kappa shape index (κ1) is 13.2. The fraction of sp³-hybridized carbons (Fsp3) is 0.167. The van der Waals surface area contributed by atoms with Gasteiger partial charge in [-0.3, -0.25) is 14.2 Å². The Labute approximate surface area is 113 Å². The molecule has 6 nitrogen and oxygen atoms in total. The van der Waals surface area contributed by atoms with Gasteiger partial charge >= 0.3 is 4.87 Å². The summed E-state index contributed by atoms with van der Waals surface area (Å²) >= 11 is 1.05. The Kier molecular flexibility index (Phi) is 3.86. The number of carbonyl (C=O) groups is 1. The molecule has 0 unspecified atom stereocenters. The third-order valence-electron chi connectivity index (χ3n) is 2.46. The van der Waals surface area contributed by atoms with Crippen LogP contribution >= 0.6 is 11.3 Å². The Balaban J connectivity index is 2.13. The summed E-state index contributed by atoms with van der Waals surface area (Å²) in [7, 11) is 1.50. The normalized spacial score (nSPS) is 10.2. The van der Waals surface area contributed by atoms with Crippen molar-refractivity contribution >= 4 is 28.6 Å². The van der Waals surface area contributed by atoms with Crippen molar-refractivity contribution in [1.29, 1.82) is 0 Å². The Morgan fingerprint density at radius 3 is 2.95 bits per heavy atom. The molecule has 1 heterocycles. The van der Waals surface area contributed by atoms with Gasteiger partial charge in [-0.2, -0.15) is 0 Å². The molecule has 1 aromatic carbocycles. The van der Waals surface area contributed by atoms with Crippen LogP contribution in [-0.2, 0) is 11.3 Å². The van der Waals surface area contributed by atoms with E-state index in [9.17, 15) is 9.59 Å². The summed E-state index contributed by atoms with van der Waals surface area (Å²) in [6.07, 6.45) is 1.57. The highest BCUT2D eigenvalue weighted by Gasteiger charge is 2.09. The first-order valence-electron chi connectivity index (χ1n) is 5.47. The number of hydrogen-bond acceptors (Lipinski definition) is 5. The number of nitrogen functional groups attached to an aromatic ring is 1. The van der Waals surface area contributed by atoms with E-state index >= 15 is 0 Å². The third kappa shape index (κ3) is 3.14. The number of rotatable bonds is 4. The number of nitrogens with two attached hydrogens (primary N) is 1. The Hall–Kier alpha value is -2.28. The predicted molar refractivity (Wildman–Crippen MR) is 74.6 cm³/mol. The molecule has 0 saturated carbocycles. The smallest absolute Gasteiger partial charge is 0.307 e. The van der Waals surface area contributed by atoms with Crippen molar-refractivity contribution < 1.29 is 9.53 Å². The molecule has 0 spiro atoms. The molecule has 2 rings (SSSR count). The van der Waals surface area contributed by atoms with Crippen molar-refractivity contribution in [3.63, 3.8) is 0 Å². The lowest BCUT2D eigenvalue weighted by Gasteiger charge is -2.10. The fourth-order valence-corrected chi connectivity index (χ4v) is 2.16. The molecule has 0 saturated heterocycles. The summed E-state index contributed by atoms with van der Waals surface area (Å²) < 4.78 is 6.46. The number of anilines is 2. The molecule has 0 aliphatic heterocycles. The van der Waals surface area contributed by atoms with Gasteiger partial charge in [-0.15, -0.1) is 0 Å². The Morgan fingerprint density at radius 2 is 2.32 bits per heavy atom. The number of hydrogen-bond donors (Lipinski definition) is 2. The summed E-state index contributed by atoms with van der Waals surface area (Å²) in [5.74, 6) is 0.199. The molecule has 0 aliphatic rings. The summed E-state index contributed by atoms with van der Waals surface area (Å²) in [6, 6.07) is 4.95. The number of thiazole rings is 1. The van der Waals surface area contributed by atoms with Crippen LogP contribution in [-0.4, -0.2) is 17.6 Å². The van der Waals surface area contributed by atoms with Gasteiger partial charge in [0.1, 0.15) is 12.3 Å². The zero-order valence-electron chi connectivity index (χ0n) is 10.3. The minimum atomic E-state index is -0.315. The van der Waals surface area contributed by atoms with Crippen LogP contribution in [0.2, 0.25) is 0 Å². The second-order valence-corrected chi connectivity index (χ2v) is 4.66. The van der Waals surface area contributed by atoms with Gasteiger partial charge in [0.15, 0.2) is 0 Å². The van der Waals surface area contributed by atoms with Crippen molar-refractivity contribution in [3.05, 3.63) is 39.4 Å². The molecule has 100 valence electrons. The lowest BCUT2D eigenvalue weighted by atomic mass is 10.2. The van der Waals surface area contributed by atoms with Crippen LogP contribution in [0.1, 0.15) is 0 Å². The van der Waals surface area contributed by atoms with Crippen LogP contribution < -0.4 is 20.7 Å². The maximum absolute atomic E-state index is 11.8. The average Bonchev–Trinajstić information content (AvgIpc) is 2.75. The van der Waals surface area contributed by atoms with Gasteiger partial charge in [-0.25, -0.2) is 0 Å². The lowest BCUT2D eigenvalue weighted by Crippen LogP contribution is -2.23. The third-order valence-corrected chi connectivity index (χ3v) is 3.15. The van der Waals surface area contributed by atoms with Crippen LogP contribution in [0.3, 0.4) is 0 Å². The van der Waals surface area contributed by atoms with Gasteiger partial charge < -0.3 is 15.8 Å². The van der Waals surface area contributed by atoms with Crippen LogP contribution in [0, 0.1) is 0 Å². The van der Waals surface area contributed by atoms with Crippen molar-refractivity contribution in [3.8, 4) is 5.75 Å². The maximum atomic E-state index is 11.8. The van der Waals surface area contributed by atoms with Crippen LogP contribution in [0.15, 0.2) is 34.6 Å². The van der Waals surface area contributed by atoms with Gasteiger partial charge in [-0.05, 0) is 18.2 Å². The molecule has 0 bridgehead atoms. The summed E-state index contributed by atoms with van der Waals surface area (Å²) in [5, 5.41) is 4.30. The zero-order chi connectivity index (χ0) is 13.8. The van der Waals surface area contributed by atoms with E-state index in [0.29, 0.717) is 17.1 Å². The zero-order valence-corrected chi connectivity index (χ0v) is 11.1. The van der Waals surface area contributed by atoms with Crippen LogP contribution in [0.25, 0.3) is 0 Å². The monoisotopic (exact) mass is 279 g/mol. The van der Waals surface area contributed by atoms with E-state index in [-0.39, 0.29) is 17.3 Å². The highest BCUT2D eigenvalue weighted by molar-refractivity contribution is 7.07. The molecule has 0 radical (unpaired) electrons. The van der Waals surface area contributed by atoms with E-state index in [1.54, 1.807) is 29.8 Å². The number of carbonyl (C=O) groups excluding carboxylic acids is 1. The second-order valence-electron chi connectivity index (χ2n) is 3.80. The van der Waals surface area contributed by atoms with Gasteiger partial charge in [0.25, 0.3) is 0 Å². The minimum absolute atomic E-state index is 0.0414. The first-order valence-corrected chi connectivity index (χ1v) is 6.35. The van der Waals surface area contributed by atoms with Crippen LogP contribution in [0.5, 0.6) is 5.75 Å². The molecule has 3 N–H and O–H groups in total. The van der Waals surface area contributed by atoms with Gasteiger partial charge in [0.05, 0.1) is 12.8 Å². The van der Waals surface area contributed by atoms with E-state index in [1.165, 1.54) is 11.7 Å². The van der Waals surface area contributed by atoms with E-state index in [2.05, 4.69) is 5.32 Å². The minimum Gasteiger partial charge on any atom is -0.495 e. The summed E-state index contributed by atoms with van der Waals surface area (Å²) in [4.78, 5) is 23.0. The molecule has 19 heavy (non-hydrogen) atoms. The highest BCUT2D eigenvalue weighted by Crippen LogP contribution is 2.26. The number of aromatic nitrogens is 1. The second kappa shape index (κ2) is 5.57. The number of methoxy groups -OCH3 is 1. The SMILES string of the molecule is COc1ccc(N)cc1NC(=O)Cn1ccsc1=O. The molecular weight excluding hydrogens is 266 g/mol. The van der Waals surface area contributed by atoms with Gasteiger partial charge in [0, 0.05) is 17.3 Å². The highest BCUT2D eigenvalue weighted by atomic mass is 32.1. The van der Waals surface area contributed by atoms with Crippen molar-refractivity contribution in [2.45, 2.75) is 6.54 Å². The standard InChI is InChI=1S/C12H13N3O3S/c1-18-10-3-2-8(13)6-9(10)14-11(16)7-15-4-5-19-12(15)17/h2-6H,7,13H2,1H3,(H,14,16). The molecule has 1 amide bonds. The number of nitrogens with one attached hydrogen (secondary N) is 1. The number of ether oxygens (including phenoxy) is 1. The van der Waals surface area contributed by atoms with Gasteiger partial charge in [0.2, 0.25) is 5.91 Å². The summed E-state index contributed by atoms with van der Waals surface area (Å²) in [5.41, 5.74) is 6.66. The molecule has 1 aromatic heterocycles. The van der Waals surface area contributed by atoms with Crippen LogP contribution in [0.4, 0.5) is 11.4 Å². The van der Waals surface area contributed by atoms with Crippen molar-refractivity contribution in [1.82, 2.24) is 4.57 Å². The summed E-state index contributed by atoms with van der Waals surface area (Å²) in [6.45, 7) is -0.0414. The average molecular weight is 279 g/mol. The van der Waals surface area contributed by atoms with Gasteiger partial charge in [-0.1, -0.05) is 11.3 Å². The Morgan fingerprint density at radius 1 is 1.53 bits per heavy atom. The van der Waals surface area contributed by atoms with Crippen molar-refractivity contribution in [2.75, 3.05) is 18.2 Å². The molecule has 0 fully saturated rings. The topological polar surface area (TPSA) is 86.3 Å². The Bertz CT molecular complexity index is 648. The largest absolute Gasteiger partial charge is 0.495 e. The number of amides is 1. The lowest BCUT2D eigenvalue weighted by molar-refractivity contribution is -0.116. The first-order chi connectivity index (χ1) is 9.10. The predicted octanol–water partition coefficient (Wildman–Crippen LogP) is 1.14. The van der Waals surface area contributed by atoms with E-state index in [1.807, 2.05) is 0 Å².